The van der Waals surface area contributed by atoms with Crippen LogP contribution in [0.5, 0.6) is 0 Å². The highest BCUT2D eigenvalue weighted by Crippen LogP contribution is 2.36. The highest BCUT2D eigenvalue weighted by molar-refractivity contribution is 7.08. The van der Waals surface area contributed by atoms with E-state index in [9.17, 15) is 14.7 Å². The number of rotatable bonds is 3. The van der Waals surface area contributed by atoms with E-state index in [2.05, 4.69) is 4.37 Å². The molecule has 0 spiro atoms. The second-order valence-corrected chi connectivity index (χ2v) is 8.35. The van der Waals surface area contributed by atoms with Crippen LogP contribution in [0.15, 0.2) is 12.3 Å². The fourth-order valence-electron chi connectivity index (χ4n) is 4.45. The molecule has 7 heteroatoms. The molecule has 0 bridgehead atoms. The lowest BCUT2D eigenvalue weighted by Gasteiger charge is -2.26. The zero-order valence-corrected chi connectivity index (χ0v) is 14.5. The Balaban J connectivity index is 1.33. The smallest absolute Gasteiger partial charge is 0.265 e. The molecule has 1 aliphatic carbocycles. The zero-order valence-electron chi connectivity index (χ0n) is 13.7. The molecule has 2 atom stereocenters. The number of amides is 2. The molecule has 2 amide bonds. The number of hydrogen-bond donors (Lipinski definition) is 1. The van der Waals surface area contributed by atoms with Crippen molar-refractivity contribution in [3.05, 3.63) is 17.1 Å². The molecule has 2 aliphatic heterocycles. The van der Waals surface area contributed by atoms with Crippen LogP contribution in [0.1, 0.15) is 41.8 Å². The number of nitrogens with zero attached hydrogens (tertiary/aromatic N) is 3. The highest BCUT2D eigenvalue weighted by Gasteiger charge is 2.44. The van der Waals surface area contributed by atoms with E-state index >= 15 is 0 Å². The van der Waals surface area contributed by atoms with Gasteiger partial charge in [-0.25, -0.2) is 4.37 Å². The summed E-state index contributed by atoms with van der Waals surface area (Å²) in [7, 11) is 0. The van der Waals surface area contributed by atoms with Gasteiger partial charge in [0.05, 0.1) is 12.0 Å². The zero-order chi connectivity index (χ0) is 16.7. The summed E-state index contributed by atoms with van der Waals surface area (Å²) in [5.74, 6) is 0.868. The first-order valence-electron chi connectivity index (χ1n) is 8.74. The van der Waals surface area contributed by atoms with E-state index < -0.39 is 5.60 Å². The van der Waals surface area contributed by atoms with Gasteiger partial charge < -0.3 is 14.9 Å². The molecule has 24 heavy (non-hydrogen) atoms. The molecule has 1 saturated carbocycles. The van der Waals surface area contributed by atoms with Crippen LogP contribution >= 0.6 is 11.5 Å². The van der Waals surface area contributed by atoms with Crippen LogP contribution < -0.4 is 0 Å². The third-order valence-corrected chi connectivity index (χ3v) is 6.52. The first-order valence-corrected chi connectivity index (χ1v) is 9.51. The van der Waals surface area contributed by atoms with Crippen LogP contribution in [0, 0.1) is 11.8 Å². The van der Waals surface area contributed by atoms with E-state index in [1.165, 1.54) is 11.5 Å². The average molecular weight is 349 g/mol. The van der Waals surface area contributed by atoms with Gasteiger partial charge in [0, 0.05) is 44.2 Å². The molecule has 4 rings (SSSR count). The molecular weight excluding hydrogens is 326 g/mol. The van der Waals surface area contributed by atoms with Crippen molar-refractivity contribution in [2.24, 2.45) is 11.8 Å². The Hall–Kier alpha value is -1.47. The Morgan fingerprint density at radius 3 is 2.38 bits per heavy atom. The third-order valence-electron chi connectivity index (χ3n) is 5.79. The van der Waals surface area contributed by atoms with Crippen molar-refractivity contribution < 1.29 is 14.7 Å². The fraction of sp³-hybridized carbons (Fsp3) is 0.706. The van der Waals surface area contributed by atoms with E-state index in [0.29, 0.717) is 29.8 Å². The van der Waals surface area contributed by atoms with Crippen LogP contribution in [-0.4, -0.2) is 62.9 Å². The number of aromatic nitrogens is 1. The molecule has 1 N–H and O–H groups in total. The normalized spacial score (nSPS) is 28.4. The molecule has 6 nitrogen and oxygen atoms in total. The minimum Gasteiger partial charge on any atom is -0.389 e. The van der Waals surface area contributed by atoms with E-state index in [4.69, 9.17) is 0 Å². The monoisotopic (exact) mass is 349 g/mol. The number of carbonyl (C=O) groups is 2. The van der Waals surface area contributed by atoms with Gasteiger partial charge in [0.25, 0.3) is 5.91 Å². The van der Waals surface area contributed by atoms with Gasteiger partial charge in [0.2, 0.25) is 5.91 Å². The molecule has 0 aromatic carbocycles. The molecule has 2 saturated heterocycles. The molecule has 1 aromatic heterocycles. The second-order valence-electron chi connectivity index (χ2n) is 7.51. The largest absolute Gasteiger partial charge is 0.389 e. The maximum absolute atomic E-state index is 12.5. The number of hydrogen-bond acceptors (Lipinski definition) is 5. The molecule has 130 valence electrons. The van der Waals surface area contributed by atoms with Gasteiger partial charge >= 0.3 is 0 Å². The molecule has 0 unspecified atom stereocenters. The Kier molecular flexibility index (Phi) is 4.08. The van der Waals surface area contributed by atoms with Gasteiger partial charge in [-0.3, -0.25) is 9.59 Å². The maximum Gasteiger partial charge on any atom is 0.265 e. The molecule has 3 aliphatic rings. The summed E-state index contributed by atoms with van der Waals surface area (Å²) in [5.41, 5.74) is -0.775. The summed E-state index contributed by atoms with van der Waals surface area (Å²) < 4.78 is 3.99. The van der Waals surface area contributed by atoms with Crippen molar-refractivity contribution >= 4 is 23.3 Å². The van der Waals surface area contributed by atoms with E-state index in [1.54, 1.807) is 12.3 Å². The van der Waals surface area contributed by atoms with Crippen molar-refractivity contribution in [3.63, 3.8) is 0 Å². The summed E-state index contributed by atoms with van der Waals surface area (Å²) in [6, 6.07) is 1.76. The lowest BCUT2D eigenvalue weighted by Crippen LogP contribution is -2.39. The minimum atomic E-state index is -0.775. The Bertz CT molecular complexity index is 613. The van der Waals surface area contributed by atoms with Crippen LogP contribution in [0.4, 0.5) is 0 Å². The SMILES string of the molecule is O=C(CC1(O)CCCC1)N1C[C@@H]2CN(C(=O)c3ccns3)C[C@@H]2C1. The van der Waals surface area contributed by atoms with E-state index in [0.717, 1.165) is 38.8 Å². The number of fused-ring (bicyclic) bond motifs is 1. The molecule has 1 aromatic rings. The topological polar surface area (TPSA) is 73.7 Å². The predicted molar refractivity (Wildman–Crippen MR) is 89.6 cm³/mol. The molecule has 3 fully saturated rings. The predicted octanol–water partition coefficient (Wildman–Crippen LogP) is 1.37. The summed E-state index contributed by atoms with van der Waals surface area (Å²) in [6.45, 7) is 2.86. The molecule has 0 radical (unpaired) electrons. The van der Waals surface area contributed by atoms with Crippen LogP contribution in [-0.2, 0) is 4.79 Å². The third kappa shape index (κ3) is 2.95. The summed E-state index contributed by atoms with van der Waals surface area (Å²) in [4.78, 5) is 29.4. The Labute approximate surface area is 145 Å². The Morgan fingerprint density at radius 1 is 1.17 bits per heavy atom. The first-order chi connectivity index (χ1) is 11.5. The van der Waals surface area contributed by atoms with Gasteiger partial charge in [0.15, 0.2) is 0 Å². The van der Waals surface area contributed by atoms with Gasteiger partial charge in [-0.15, -0.1) is 0 Å². The molecular formula is C17H23N3O3S. The summed E-state index contributed by atoms with van der Waals surface area (Å²) in [5, 5.41) is 10.4. The number of carbonyl (C=O) groups excluding carboxylic acids is 2. The number of likely N-dealkylation sites (tertiary alicyclic amines) is 2. The summed E-state index contributed by atoms with van der Waals surface area (Å²) in [6.07, 6.45) is 5.44. The van der Waals surface area contributed by atoms with Gasteiger partial charge in [-0.1, -0.05) is 12.8 Å². The summed E-state index contributed by atoms with van der Waals surface area (Å²) >= 11 is 1.24. The van der Waals surface area contributed by atoms with Crippen molar-refractivity contribution in [1.82, 2.24) is 14.2 Å². The maximum atomic E-state index is 12.5. The van der Waals surface area contributed by atoms with Crippen molar-refractivity contribution in [2.45, 2.75) is 37.7 Å². The van der Waals surface area contributed by atoms with Gasteiger partial charge in [0.1, 0.15) is 4.88 Å². The number of aliphatic hydroxyl groups is 1. The van der Waals surface area contributed by atoms with Crippen molar-refractivity contribution in [2.75, 3.05) is 26.2 Å². The first kappa shape index (κ1) is 16.0. The quantitative estimate of drug-likeness (QED) is 0.894. The second kappa shape index (κ2) is 6.11. The minimum absolute atomic E-state index is 0.0602. The van der Waals surface area contributed by atoms with Crippen LogP contribution in [0.25, 0.3) is 0 Å². The van der Waals surface area contributed by atoms with Gasteiger partial charge in [-0.2, -0.15) is 0 Å². The van der Waals surface area contributed by atoms with E-state index in [1.807, 2.05) is 9.80 Å². The van der Waals surface area contributed by atoms with Crippen molar-refractivity contribution in [3.8, 4) is 0 Å². The lowest BCUT2D eigenvalue weighted by molar-refractivity contribution is -0.135. The molecule has 3 heterocycles. The standard InChI is InChI=1S/C17H23N3O3S/c21-15(7-17(23)4-1-2-5-17)19-8-12-10-20(11-13(12)9-19)16(22)14-3-6-18-24-14/h3,6,12-13,23H,1-2,4-5,7-11H2/t12-,13+. The van der Waals surface area contributed by atoms with Crippen LogP contribution in [0.3, 0.4) is 0 Å². The van der Waals surface area contributed by atoms with Crippen molar-refractivity contribution in [1.29, 1.82) is 0 Å². The lowest BCUT2D eigenvalue weighted by atomic mass is 9.97. The highest BCUT2D eigenvalue weighted by atomic mass is 32.1. The fourth-order valence-corrected chi connectivity index (χ4v) is 5.01. The Morgan fingerprint density at radius 2 is 1.79 bits per heavy atom. The van der Waals surface area contributed by atoms with E-state index in [-0.39, 0.29) is 18.2 Å². The average Bonchev–Trinajstić information content (AvgIpc) is 3.30. The van der Waals surface area contributed by atoms with Crippen LogP contribution in [0.2, 0.25) is 0 Å². The van der Waals surface area contributed by atoms with Gasteiger partial charge in [-0.05, 0) is 30.4 Å².